The lowest BCUT2D eigenvalue weighted by Gasteiger charge is -2.42. The van der Waals surface area contributed by atoms with Crippen molar-refractivity contribution in [1.29, 1.82) is 0 Å². The molecule has 1 aromatic carbocycles. The van der Waals surface area contributed by atoms with E-state index >= 15 is 0 Å². The molecule has 19 heavy (non-hydrogen) atoms. The molecule has 1 saturated carbocycles. The van der Waals surface area contributed by atoms with Gasteiger partial charge in [0.25, 0.3) is 0 Å². The van der Waals surface area contributed by atoms with E-state index in [1.165, 1.54) is 32.1 Å². The summed E-state index contributed by atoms with van der Waals surface area (Å²) in [6.45, 7) is 0. The zero-order valence-electron chi connectivity index (χ0n) is 11.3. The standard InChI is InChI=1S/C16H22ClNO/c17-12-6-7-15-13(10-12)14(18)11-16(19-15)8-4-2-1-3-5-9-16/h6-7,10,14H,1-5,8-9,11,18H2/t14-/m1/s1. The van der Waals surface area contributed by atoms with Gasteiger partial charge < -0.3 is 10.5 Å². The van der Waals surface area contributed by atoms with Crippen LogP contribution in [-0.4, -0.2) is 5.60 Å². The molecule has 3 heteroatoms. The van der Waals surface area contributed by atoms with Crippen molar-refractivity contribution in [3.8, 4) is 5.75 Å². The van der Waals surface area contributed by atoms with E-state index in [1.54, 1.807) is 0 Å². The van der Waals surface area contributed by atoms with E-state index in [4.69, 9.17) is 22.1 Å². The Morgan fingerprint density at radius 2 is 1.79 bits per heavy atom. The molecule has 0 radical (unpaired) electrons. The Morgan fingerprint density at radius 1 is 1.11 bits per heavy atom. The first kappa shape index (κ1) is 13.3. The molecular weight excluding hydrogens is 258 g/mol. The third-order valence-electron chi connectivity index (χ3n) is 4.55. The first-order chi connectivity index (χ1) is 9.19. The highest BCUT2D eigenvalue weighted by atomic mass is 35.5. The maximum absolute atomic E-state index is 6.38. The monoisotopic (exact) mass is 279 g/mol. The fraction of sp³-hybridized carbons (Fsp3) is 0.625. The number of ether oxygens (including phenoxy) is 1. The summed E-state index contributed by atoms with van der Waals surface area (Å²) in [5.41, 5.74) is 7.41. The molecule has 0 saturated heterocycles. The van der Waals surface area contributed by atoms with Gasteiger partial charge in [-0.2, -0.15) is 0 Å². The average Bonchev–Trinajstić information content (AvgIpc) is 2.36. The van der Waals surface area contributed by atoms with E-state index in [0.29, 0.717) is 0 Å². The summed E-state index contributed by atoms with van der Waals surface area (Å²) in [4.78, 5) is 0. The van der Waals surface area contributed by atoms with Crippen LogP contribution in [0, 0.1) is 0 Å². The Kier molecular flexibility index (Phi) is 3.72. The zero-order chi connectivity index (χ0) is 13.3. The van der Waals surface area contributed by atoms with E-state index in [1.807, 2.05) is 18.2 Å². The van der Waals surface area contributed by atoms with Crippen LogP contribution < -0.4 is 10.5 Å². The van der Waals surface area contributed by atoms with Crippen LogP contribution in [0.15, 0.2) is 18.2 Å². The van der Waals surface area contributed by atoms with Crippen molar-refractivity contribution in [2.45, 2.75) is 63.0 Å². The predicted octanol–water partition coefficient (Wildman–Crippen LogP) is 4.61. The van der Waals surface area contributed by atoms with E-state index < -0.39 is 0 Å². The zero-order valence-corrected chi connectivity index (χ0v) is 12.1. The topological polar surface area (TPSA) is 35.2 Å². The van der Waals surface area contributed by atoms with Crippen LogP contribution in [-0.2, 0) is 0 Å². The van der Waals surface area contributed by atoms with Gasteiger partial charge in [-0.1, -0.05) is 30.9 Å². The van der Waals surface area contributed by atoms with Gasteiger partial charge in [-0.25, -0.2) is 0 Å². The Morgan fingerprint density at radius 3 is 2.53 bits per heavy atom. The van der Waals surface area contributed by atoms with Crippen LogP contribution in [0.25, 0.3) is 0 Å². The Labute approximate surface area is 120 Å². The lowest BCUT2D eigenvalue weighted by molar-refractivity contribution is 0.0113. The fourth-order valence-corrected chi connectivity index (χ4v) is 3.72. The summed E-state index contributed by atoms with van der Waals surface area (Å²) in [7, 11) is 0. The van der Waals surface area contributed by atoms with Crippen molar-refractivity contribution in [1.82, 2.24) is 0 Å². The molecule has 0 aromatic heterocycles. The third kappa shape index (κ3) is 2.75. The van der Waals surface area contributed by atoms with Crippen molar-refractivity contribution in [3.63, 3.8) is 0 Å². The second-order valence-electron chi connectivity index (χ2n) is 6.05. The Hall–Kier alpha value is -0.730. The minimum atomic E-state index is -0.0271. The summed E-state index contributed by atoms with van der Waals surface area (Å²) >= 11 is 6.06. The van der Waals surface area contributed by atoms with Gasteiger partial charge in [0.2, 0.25) is 0 Å². The summed E-state index contributed by atoms with van der Waals surface area (Å²) in [6, 6.07) is 5.89. The molecule has 0 unspecified atom stereocenters. The summed E-state index contributed by atoms with van der Waals surface area (Å²) in [6.07, 6.45) is 9.76. The van der Waals surface area contributed by atoms with E-state index in [9.17, 15) is 0 Å². The van der Waals surface area contributed by atoms with Gasteiger partial charge in [0, 0.05) is 23.0 Å². The molecule has 104 valence electrons. The first-order valence-electron chi connectivity index (χ1n) is 7.43. The van der Waals surface area contributed by atoms with Crippen LogP contribution in [0.1, 0.15) is 63.0 Å². The van der Waals surface area contributed by atoms with Gasteiger partial charge in [-0.3, -0.25) is 0 Å². The highest BCUT2D eigenvalue weighted by molar-refractivity contribution is 6.30. The van der Waals surface area contributed by atoms with Gasteiger partial charge in [0.05, 0.1) is 0 Å². The smallest absolute Gasteiger partial charge is 0.125 e. The van der Waals surface area contributed by atoms with Crippen molar-refractivity contribution in [2.24, 2.45) is 5.73 Å². The molecule has 1 heterocycles. The molecule has 2 nitrogen and oxygen atoms in total. The lowest BCUT2D eigenvalue weighted by Crippen LogP contribution is -2.43. The molecular formula is C16H22ClNO. The molecule has 0 amide bonds. The molecule has 1 aliphatic carbocycles. The van der Waals surface area contributed by atoms with Gasteiger partial charge >= 0.3 is 0 Å². The number of benzene rings is 1. The van der Waals surface area contributed by atoms with Crippen LogP contribution in [0.3, 0.4) is 0 Å². The quantitative estimate of drug-likeness (QED) is 0.753. The van der Waals surface area contributed by atoms with Gasteiger partial charge in [0.1, 0.15) is 11.4 Å². The maximum atomic E-state index is 6.38. The normalized spacial score (nSPS) is 26.1. The second-order valence-corrected chi connectivity index (χ2v) is 6.48. The van der Waals surface area contributed by atoms with Crippen molar-refractivity contribution < 1.29 is 4.74 Å². The lowest BCUT2D eigenvalue weighted by atomic mass is 9.79. The molecule has 1 spiro atoms. The molecule has 3 rings (SSSR count). The van der Waals surface area contributed by atoms with Crippen LogP contribution in [0.5, 0.6) is 5.75 Å². The van der Waals surface area contributed by atoms with Crippen LogP contribution >= 0.6 is 11.6 Å². The molecule has 1 aromatic rings. The third-order valence-corrected chi connectivity index (χ3v) is 4.79. The van der Waals surface area contributed by atoms with Crippen molar-refractivity contribution in [3.05, 3.63) is 28.8 Å². The molecule has 2 aliphatic rings. The molecule has 0 bridgehead atoms. The predicted molar refractivity (Wildman–Crippen MR) is 78.7 cm³/mol. The van der Waals surface area contributed by atoms with Crippen LogP contribution in [0.4, 0.5) is 0 Å². The first-order valence-corrected chi connectivity index (χ1v) is 7.80. The summed E-state index contributed by atoms with van der Waals surface area (Å²) < 4.78 is 6.38. The summed E-state index contributed by atoms with van der Waals surface area (Å²) in [5, 5.41) is 0.742. The van der Waals surface area contributed by atoms with E-state index in [-0.39, 0.29) is 11.6 Å². The van der Waals surface area contributed by atoms with Gasteiger partial charge in [-0.15, -0.1) is 0 Å². The molecule has 1 fully saturated rings. The molecule has 2 N–H and O–H groups in total. The van der Waals surface area contributed by atoms with Gasteiger partial charge in [-0.05, 0) is 43.9 Å². The van der Waals surface area contributed by atoms with E-state index in [0.717, 1.165) is 35.6 Å². The molecule has 1 aliphatic heterocycles. The Balaban J connectivity index is 1.88. The number of hydrogen-bond donors (Lipinski definition) is 1. The van der Waals surface area contributed by atoms with Crippen LogP contribution in [0.2, 0.25) is 5.02 Å². The number of halogens is 1. The highest BCUT2D eigenvalue weighted by Gasteiger charge is 2.39. The molecule has 1 atom stereocenters. The number of fused-ring (bicyclic) bond motifs is 1. The minimum Gasteiger partial charge on any atom is -0.487 e. The number of rotatable bonds is 0. The largest absolute Gasteiger partial charge is 0.487 e. The number of nitrogens with two attached hydrogens (primary N) is 1. The van der Waals surface area contributed by atoms with Crippen molar-refractivity contribution in [2.75, 3.05) is 0 Å². The minimum absolute atomic E-state index is 0.0271. The van der Waals surface area contributed by atoms with Crippen molar-refractivity contribution >= 4 is 11.6 Å². The van der Waals surface area contributed by atoms with Gasteiger partial charge in [0.15, 0.2) is 0 Å². The average molecular weight is 280 g/mol. The summed E-state index contributed by atoms with van der Waals surface area (Å²) in [5.74, 6) is 0.948. The Bertz CT molecular complexity index is 452. The maximum Gasteiger partial charge on any atom is 0.125 e. The second kappa shape index (κ2) is 5.34. The number of hydrogen-bond acceptors (Lipinski definition) is 2. The highest BCUT2D eigenvalue weighted by Crippen LogP contribution is 2.44. The fourth-order valence-electron chi connectivity index (χ4n) is 3.54. The van der Waals surface area contributed by atoms with E-state index in [2.05, 4.69) is 0 Å². The SMILES string of the molecule is N[C@@H]1CC2(CCCCCCC2)Oc2ccc(Cl)cc21.